The second-order valence-corrected chi connectivity index (χ2v) is 8.60. The molecule has 0 amide bonds. The van der Waals surface area contributed by atoms with Crippen LogP contribution in [0.1, 0.15) is 76.3 Å². The van der Waals surface area contributed by atoms with Gasteiger partial charge >= 0.3 is 0 Å². The number of rotatable bonds is 10. The van der Waals surface area contributed by atoms with Crippen molar-refractivity contribution in [3.63, 3.8) is 0 Å². The van der Waals surface area contributed by atoms with E-state index in [4.69, 9.17) is 9.47 Å². The number of hydrogen-bond donors (Lipinski definition) is 0. The molecule has 1 fully saturated rings. The number of para-hydroxylation sites is 2. The first-order valence-corrected chi connectivity index (χ1v) is 12.3. The van der Waals surface area contributed by atoms with Crippen LogP contribution in [0.25, 0.3) is 12.2 Å². The molecule has 5 heteroatoms. The highest BCUT2D eigenvalue weighted by molar-refractivity contribution is 6.13. The van der Waals surface area contributed by atoms with Gasteiger partial charge in [-0.1, -0.05) is 51.0 Å². The summed E-state index contributed by atoms with van der Waals surface area (Å²) >= 11 is 0. The highest BCUT2D eigenvalue weighted by Crippen LogP contribution is 2.32. The molecule has 0 aliphatic heterocycles. The van der Waals surface area contributed by atoms with E-state index in [2.05, 4.69) is 0 Å². The molecule has 0 heterocycles. The van der Waals surface area contributed by atoms with Crippen molar-refractivity contribution >= 4 is 17.9 Å². The van der Waals surface area contributed by atoms with Crippen molar-refractivity contribution in [1.82, 2.24) is 0 Å². The van der Waals surface area contributed by atoms with E-state index in [9.17, 15) is 13.6 Å². The molecule has 0 saturated heterocycles. The van der Waals surface area contributed by atoms with Crippen LogP contribution in [0.3, 0.4) is 0 Å². The number of carbonyl (C=O) groups excluding carboxylic acids is 1. The molecule has 1 aliphatic carbocycles. The first kappa shape index (κ1) is 25.7. The van der Waals surface area contributed by atoms with Gasteiger partial charge in [-0.3, -0.25) is 4.79 Å². The van der Waals surface area contributed by atoms with E-state index in [-0.39, 0.29) is 17.3 Å². The molecule has 3 nitrogen and oxygen atoms in total. The molecule has 2 aromatic rings. The molecule has 34 heavy (non-hydrogen) atoms. The number of benzene rings is 2. The average molecular weight is 469 g/mol. The van der Waals surface area contributed by atoms with Crippen LogP contribution in [-0.2, 0) is 4.79 Å². The van der Waals surface area contributed by atoms with Gasteiger partial charge < -0.3 is 9.47 Å². The third-order valence-corrected chi connectivity index (χ3v) is 5.87. The molecule has 0 unspecified atom stereocenters. The predicted octanol–water partition coefficient (Wildman–Crippen LogP) is 7.93. The van der Waals surface area contributed by atoms with Crippen molar-refractivity contribution in [2.24, 2.45) is 0 Å². The Balaban J connectivity index is 1.93. The fraction of sp³-hybridized carbons (Fsp3) is 0.414. The largest absolute Gasteiger partial charge is 0.490 e. The Morgan fingerprint density at radius 2 is 1.21 bits per heavy atom. The summed E-state index contributed by atoms with van der Waals surface area (Å²) in [7, 11) is 0. The summed E-state index contributed by atoms with van der Waals surface area (Å²) < 4.78 is 40.4. The van der Waals surface area contributed by atoms with E-state index >= 15 is 0 Å². The number of hydrogen-bond acceptors (Lipinski definition) is 3. The number of halogens is 2. The standard InChI is InChI=1S/C29H34F2O3/c1-3-5-17-33-28-23(13-9-15-25(28)30)19-21-11-7-8-12-22(27(21)32)20-24-14-10-16-26(31)29(24)34-18-6-4-2/h9-10,13-16,19-20H,3-8,11-12,17-18H2,1-2H3/b21-19+,22-20+. The van der Waals surface area contributed by atoms with Crippen molar-refractivity contribution < 1.29 is 23.0 Å². The summed E-state index contributed by atoms with van der Waals surface area (Å²) in [6.45, 7) is 4.94. The average Bonchev–Trinajstić information content (AvgIpc) is 2.99. The van der Waals surface area contributed by atoms with Crippen molar-refractivity contribution in [3.8, 4) is 11.5 Å². The molecule has 0 aromatic heterocycles. The minimum Gasteiger partial charge on any atom is -0.490 e. The summed E-state index contributed by atoms with van der Waals surface area (Å²) in [6.07, 6.45) is 9.93. The van der Waals surface area contributed by atoms with E-state index in [0.29, 0.717) is 48.3 Å². The molecule has 0 N–H and O–H groups in total. The van der Waals surface area contributed by atoms with Gasteiger partial charge in [-0.2, -0.15) is 0 Å². The molecule has 0 bridgehead atoms. The Kier molecular flexibility index (Phi) is 9.87. The van der Waals surface area contributed by atoms with Gasteiger partial charge in [0.15, 0.2) is 28.9 Å². The van der Waals surface area contributed by atoms with Crippen LogP contribution >= 0.6 is 0 Å². The maximum atomic E-state index is 14.5. The summed E-state index contributed by atoms with van der Waals surface area (Å²) in [5, 5.41) is 0. The SMILES string of the molecule is CCCCOc1c(F)cccc1/C=C1\CCCC/C(=C\c2cccc(F)c2OCCCC)C1=O. The van der Waals surface area contributed by atoms with E-state index in [1.165, 1.54) is 12.1 Å². The Morgan fingerprint density at radius 1 is 0.765 bits per heavy atom. The molecule has 1 saturated carbocycles. The number of carbonyl (C=O) groups is 1. The molecule has 1 aliphatic rings. The lowest BCUT2D eigenvalue weighted by Gasteiger charge is -2.12. The van der Waals surface area contributed by atoms with Gasteiger partial charge in [-0.25, -0.2) is 8.78 Å². The molecular weight excluding hydrogens is 434 g/mol. The number of allylic oxidation sites excluding steroid dienone is 2. The van der Waals surface area contributed by atoms with Crippen molar-refractivity contribution in [3.05, 3.63) is 70.3 Å². The maximum absolute atomic E-state index is 14.5. The Labute approximate surface area is 201 Å². The minimum atomic E-state index is -0.434. The van der Waals surface area contributed by atoms with Crippen molar-refractivity contribution in [1.29, 1.82) is 0 Å². The van der Waals surface area contributed by atoms with Crippen LogP contribution in [-0.4, -0.2) is 19.0 Å². The predicted molar refractivity (Wildman–Crippen MR) is 133 cm³/mol. The maximum Gasteiger partial charge on any atom is 0.185 e. The van der Waals surface area contributed by atoms with Crippen LogP contribution in [0, 0.1) is 11.6 Å². The molecule has 0 atom stereocenters. The van der Waals surface area contributed by atoms with Crippen molar-refractivity contribution in [2.75, 3.05) is 13.2 Å². The third-order valence-electron chi connectivity index (χ3n) is 5.87. The zero-order valence-corrected chi connectivity index (χ0v) is 20.2. The minimum absolute atomic E-state index is 0.0926. The third kappa shape index (κ3) is 6.78. The summed E-state index contributed by atoms with van der Waals surface area (Å²) in [6, 6.07) is 9.52. The lowest BCUT2D eigenvalue weighted by atomic mass is 9.97. The van der Waals surface area contributed by atoms with Crippen molar-refractivity contribution in [2.45, 2.75) is 65.2 Å². The second kappa shape index (κ2) is 13.1. The molecule has 0 radical (unpaired) electrons. The van der Waals surface area contributed by atoms with Gasteiger partial charge in [0.1, 0.15) is 0 Å². The van der Waals surface area contributed by atoms with Gasteiger partial charge in [0.25, 0.3) is 0 Å². The van der Waals surface area contributed by atoms with Gasteiger partial charge in [0, 0.05) is 22.3 Å². The number of ketones is 1. The topological polar surface area (TPSA) is 35.5 Å². The smallest absolute Gasteiger partial charge is 0.185 e. The highest BCUT2D eigenvalue weighted by atomic mass is 19.1. The van der Waals surface area contributed by atoms with Gasteiger partial charge in [-0.05, 0) is 62.8 Å². The molecular formula is C29H34F2O3. The van der Waals surface area contributed by atoms with E-state index in [1.807, 2.05) is 13.8 Å². The number of unbranched alkanes of at least 4 members (excludes halogenated alkanes) is 2. The fourth-order valence-corrected chi connectivity index (χ4v) is 3.94. The van der Waals surface area contributed by atoms with Crippen LogP contribution in [0.5, 0.6) is 11.5 Å². The van der Waals surface area contributed by atoms with Gasteiger partial charge in [-0.15, -0.1) is 0 Å². The van der Waals surface area contributed by atoms with E-state index < -0.39 is 11.6 Å². The normalized spacial score (nSPS) is 16.6. The van der Waals surface area contributed by atoms with Crippen LogP contribution < -0.4 is 9.47 Å². The molecule has 182 valence electrons. The Morgan fingerprint density at radius 3 is 1.62 bits per heavy atom. The summed E-state index contributed by atoms with van der Waals surface area (Å²) in [4.78, 5) is 13.5. The zero-order valence-electron chi connectivity index (χ0n) is 20.2. The summed E-state index contributed by atoms with van der Waals surface area (Å²) in [5.74, 6) is -0.595. The molecule has 2 aromatic carbocycles. The van der Waals surface area contributed by atoms with E-state index in [0.717, 1.165) is 38.5 Å². The zero-order chi connectivity index (χ0) is 24.3. The van der Waals surface area contributed by atoms with Gasteiger partial charge in [0.2, 0.25) is 0 Å². The van der Waals surface area contributed by atoms with E-state index in [1.54, 1.807) is 36.4 Å². The summed E-state index contributed by atoms with van der Waals surface area (Å²) in [5.41, 5.74) is 2.35. The molecule has 3 rings (SSSR count). The first-order chi connectivity index (χ1) is 16.5. The Bertz CT molecular complexity index is 958. The quantitative estimate of drug-likeness (QED) is 0.202. The van der Waals surface area contributed by atoms with Crippen LogP contribution in [0.4, 0.5) is 8.78 Å². The van der Waals surface area contributed by atoms with Crippen LogP contribution in [0.15, 0.2) is 47.5 Å². The van der Waals surface area contributed by atoms with Crippen LogP contribution in [0.2, 0.25) is 0 Å². The number of Topliss-reactive ketones (excluding diaryl/α,β-unsaturated/α-hetero) is 1. The fourth-order valence-electron chi connectivity index (χ4n) is 3.94. The first-order valence-electron chi connectivity index (χ1n) is 12.3. The second-order valence-electron chi connectivity index (χ2n) is 8.60. The Hall–Kier alpha value is -2.95. The lowest BCUT2D eigenvalue weighted by molar-refractivity contribution is -0.112. The number of ether oxygens (including phenoxy) is 2. The highest BCUT2D eigenvalue weighted by Gasteiger charge is 2.21. The molecule has 0 spiro atoms. The monoisotopic (exact) mass is 468 g/mol. The van der Waals surface area contributed by atoms with Gasteiger partial charge in [0.05, 0.1) is 13.2 Å². The lowest BCUT2D eigenvalue weighted by Crippen LogP contribution is -2.06.